The van der Waals surface area contributed by atoms with Crippen molar-refractivity contribution in [3.63, 3.8) is 0 Å². The summed E-state index contributed by atoms with van der Waals surface area (Å²) in [5.41, 5.74) is 2.41. The highest BCUT2D eigenvalue weighted by molar-refractivity contribution is 5.77. The zero-order valence-electron chi connectivity index (χ0n) is 16.1. The zero-order valence-corrected chi connectivity index (χ0v) is 16.1. The lowest BCUT2D eigenvalue weighted by Gasteiger charge is -2.48. The minimum Gasteiger partial charge on any atom is -0.385 e. The van der Waals surface area contributed by atoms with Gasteiger partial charge in [0.15, 0.2) is 0 Å². The van der Waals surface area contributed by atoms with Crippen LogP contribution in [0.5, 0.6) is 0 Å². The van der Waals surface area contributed by atoms with Crippen molar-refractivity contribution in [1.82, 2.24) is 9.80 Å². The number of carbonyl (C=O) groups excluding carboxylic acids is 1. The van der Waals surface area contributed by atoms with Crippen LogP contribution >= 0.6 is 0 Å². The van der Waals surface area contributed by atoms with Gasteiger partial charge in [-0.3, -0.25) is 9.69 Å². The number of methoxy groups -OCH3 is 1. The van der Waals surface area contributed by atoms with E-state index in [2.05, 4.69) is 4.90 Å². The molecule has 2 heterocycles. The first kappa shape index (κ1) is 19.3. The summed E-state index contributed by atoms with van der Waals surface area (Å²) in [5, 5.41) is 0. The van der Waals surface area contributed by atoms with Crippen LogP contribution in [-0.2, 0) is 16.1 Å². The normalized spacial score (nSPS) is 24.4. The molecule has 0 saturated carbocycles. The molecule has 2 saturated heterocycles. The molecule has 1 aromatic rings. The lowest BCUT2D eigenvalue weighted by atomic mass is 9.73. The number of aryl methyl sites for hydroxylation is 1. The molecule has 1 aromatic carbocycles. The number of carbonyl (C=O) groups is 1. The summed E-state index contributed by atoms with van der Waals surface area (Å²) in [6, 6.07) is 5.06. The average molecular weight is 362 g/mol. The molecule has 0 bridgehead atoms. The van der Waals surface area contributed by atoms with Gasteiger partial charge in [-0.05, 0) is 62.4 Å². The molecule has 2 aliphatic rings. The number of rotatable bonds is 6. The molecule has 2 fully saturated rings. The second-order valence-corrected chi connectivity index (χ2v) is 8.05. The average Bonchev–Trinajstić information content (AvgIpc) is 2.62. The standard InChI is InChI=1S/C21H31FN2O2/c1-17-5-6-19(22)13-18(17)14-23-10-3-8-21(15-23)9-7-20(25)24(16-21)11-4-12-26-2/h5-6,13H,3-4,7-12,14-16H2,1-2H3/t21-/m1/s1. The highest BCUT2D eigenvalue weighted by Gasteiger charge is 2.41. The largest absolute Gasteiger partial charge is 0.385 e. The second kappa shape index (κ2) is 8.49. The van der Waals surface area contributed by atoms with Crippen molar-refractivity contribution in [2.75, 3.05) is 39.9 Å². The maximum Gasteiger partial charge on any atom is 0.222 e. The minimum atomic E-state index is -0.162. The fraction of sp³-hybridized carbons (Fsp3) is 0.667. The Morgan fingerprint density at radius 2 is 2.12 bits per heavy atom. The molecule has 0 aliphatic carbocycles. The predicted molar refractivity (Wildman–Crippen MR) is 100 cm³/mol. The summed E-state index contributed by atoms with van der Waals surface area (Å²) in [6.07, 6.45) is 4.85. The van der Waals surface area contributed by atoms with E-state index in [0.29, 0.717) is 13.0 Å². The molecule has 2 aliphatic heterocycles. The Kier molecular flexibility index (Phi) is 6.30. The van der Waals surface area contributed by atoms with E-state index < -0.39 is 0 Å². The number of piperidine rings is 2. The SMILES string of the molecule is COCCCN1C[C@]2(CCCN(Cc3cc(F)ccc3C)C2)CCC1=O. The van der Waals surface area contributed by atoms with E-state index in [0.717, 1.165) is 63.1 Å². The predicted octanol–water partition coefficient (Wildman–Crippen LogP) is 3.38. The summed E-state index contributed by atoms with van der Waals surface area (Å²) in [5.74, 6) is 0.120. The van der Waals surface area contributed by atoms with Gasteiger partial charge in [0, 0.05) is 51.7 Å². The molecule has 1 amide bonds. The highest BCUT2D eigenvalue weighted by atomic mass is 19.1. The van der Waals surface area contributed by atoms with Gasteiger partial charge < -0.3 is 9.64 Å². The number of ether oxygens (including phenoxy) is 1. The maximum absolute atomic E-state index is 13.6. The summed E-state index contributed by atoms with van der Waals surface area (Å²) < 4.78 is 18.8. The molecule has 0 radical (unpaired) electrons. The number of halogens is 1. The Labute approximate surface area is 156 Å². The van der Waals surface area contributed by atoms with Crippen molar-refractivity contribution in [1.29, 1.82) is 0 Å². The Morgan fingerprint density at radius 3 is 2.92 bits per heavy atom. The zero-order chi connectivity index (χ0) is 18.6. The Balaban J connectivity index is 1.64. The fourth-order valence-electron chi connectivity index (χ4n) is 4.54. The van der Waals surface area contributed by atoms with Crippen molar-refractivity contribution in [3.8, 4) is 0 Å². The van der Waals surface area contributed by atoms with Gasteiger partial charge in [0.2, 0.25) is 5.91 Å². The highest BCUT2D eigenvalue weighted by Crippen LogP contribution is 2.39. The van der Waals surface area contributed by atoms with Gasteiger partial charge >= 0.3 is 0 Å². The minimum absolute atomic E-state index is 0.162. The van der Waals surface area contributed by atoms with Crippen molar-refractivity contribution in [2.45, 2.75) is 45.6 Å². The van der Waals surface area contributed by atoms with Gasteiger partial charge in [-0.2, -0.15) is 0 Å². The lowest BCUT2D eigenvalue weighted by Crippen LogP contribution is -2.54. The lowest BCUT2D eigenvalue weighted by molar-refractivity contribution is -0.139. The molecular formula is C21H31FN2O2. The van der Waals surface area contributed by atoms with Crippen molar-refractivity contribution >= 4 is 5.91 Å². The van der Waals surface area contributed by atoms with Gasteiger partial charge in [0.05, 0.1) is 0 Å². The van der Waals surface area contributed by atoms with E-state index in [4.69, 9.17) is 4.74 Å². The van der Waals surface area contributed by atoms with E-state index in [1.54, 1.807) is 13.2 Å². The second-order valence-electron chi connectivity index (χ2n) is 8.05. The monoisotopic (exact) mass is 362 g/mol. The van der Waals surface area contributed by atoms with Crippen LogP contribution in [0.4, 0.5) is 4.39 Å². The number of hydrogen-bond donors (Lipinski definition) is 0. The van der Waals surface area contributed by atoms with Gasteiger partial charge in [-0.15, -0.1) is 0 Å². The van der Waals surface area contributed by atoms with Gasteiger partial charge in [-0.25, -0.2) is 4.39 Å². The molecule has 4 nitrogen and oxygen atoms in total. The number of amides is 1. The first-order valence-electron chi connectivity index (χ1n) is 9.75. The molecule has 1 atom stereocenters. The fourth-order valence-corrected chi connectivity index (χ4v) is 4.54. The van der Waals surface area contributed by atoms with Crippen molar-refractivity contribution in [3.05, 3.63) is 35.1 Å². The number of likely N-dealkylation sites (tertiary alicyclic amines) is 2. The van der Waals surface area contributed by atoms with Crippen LogP contribution in [0.15, 0.2) is 18.2 Å². The quantitative estimate of drug-likeness (QED) is 0.728. The van der Waals surface area contributed by atoms with Crippen molar-refractivity contribution < 1.29 is 13.9 Å². The van der Waals surface area contributed by atoms with E-state index in [1.807, 2.05) is 17.9 Å². The van der Waals surface area contributed by atoms with Crippen LogP contribution in [-0.4, -0.2) is 55.6 Å². The molecular weight excluding hydrogens is 331 g/mol. The number of hydrogen-bond acceptors (Lipinski definition) is 3. The van der Waals surface area contributed by atoms with Gasteiger partial charge in [0.25, 0.3) is 0 Å². The van der Waals surface area contributed by atoms with E-state index in [-0.39, 0.29) is 17.1 Å². The van der Waals surface area contributed by atoms with Gasteiger partial charge in [-0.1, -0.05) is 6.07 Å². The smallest absolute Gasteiger partial charge is 0.222 e. The first-order chi connectivity index (χ1) is 12.5. The summed E-state index contributed by atoms with van der Waals surface area (Å²) in [6.45, 7) is 7.23. The van der Waals surface area contributed by atoms with Crippen LogP contribution in [0.25, 0.3) is 0 Å². The van der Waals surface area contributed by atoms with Crippen LogP contribution < -0.4 is 0 Å². The summed E-state index contributed by atoms with van der Waals surface area (Å²) >= 11 is 0. The third-order valence-electron chi connectivity index (χ3n) is 5.97. The van der Waals surface area contributed by atoms with Crippen LogP contribution in [0.1, 0.15) is 43.2 Å². The Hall–Kier alpha value is -1.46. The molecule has 144 valence electrons. The molecule has 26 heavy (non-hydrogen) atoms. The van der Waals surface area contributed by atoms with Gasteiger partial charge in [0.1, 0.15) is 5.82 Å². The Morgan fingerprint density at radius 1 is 1.27 bits per heavy atom. The van der Waals surface area contributed by atoms with E-state index >= 15 is 0 Å². The Bertz CT molecular complexity index is 636. The molecule has 0 aromatic heterocycles. The number of benzene rings is 1. The van der Waals surface area contributed by atoms with Crippen molar-refractivity contribution in [2.24, 2.45) is 5.41 Å². The van der Waals surface area contributed by atoms with E-state index in [9.17, 15) is 9.18 Å². The number of nitrogens with zero attached hydrogens (tertiary/aromatic N) is 2. The topological polar surface area (TPSA) is 32.8 Å². The molecule has 0 unspecified atom stereocenters. The van der Waals surface area contributed by atoms with Crippen LogP contribution in [0.2, 0.25) is 0 Å². The molecule has 5 heteroatoms. The molecule has 3 rings (SSSR count). The van der Waals surface area contributed by atoms with Crippen LogP contribution in [0.3, 0.4) is 0 Å². The molecule has 1 spiro atoms. The summed E-state index contributed by atoms with van der Waals surface area (Å²) in [4.78, 5) is 16.8. The third-order valence-corrected chi connectivity index (χ3v) is 5.97. The summed E-state index contributed by atoms with van der Waals surface area (Å²) in [7, 11) is 1.70. The third kappa shape index (κ3) is 4.63. The van der Waals surface area contributed by atoms with E-state index in [1.165, 1.54) is 12.5 Å². The maximum atomic E-state index is 13.6. The first-order valence-corrected chi connectivity index (χ1v) is 9.75. The van der Waals surface area contributed by atoms with Crippen LogP contribution in [0, 0.1) is 18.2 Å². The molecule has 0 N–H and O–H groups in total.